The van der Waals surface area contributed by atoms with E-state index in [0.717, 1.165) is 54.6 Å². The van der Waals surface area contributed by atoms with Gasteiger partial charge < -0.3 is 59.7 Å². The lowest BCUT2D eigenvalue weighted by Crippen LogP contribution is -2.63. The van der Waals surface area contributed by atoms with Crippen molar-refractivity contribution < 1.29 is 76.7 Å². The van der Waals surface area contributed by atoms with Crippen molar-refractivity contribution in [1.82, 2.24) is 20.9 Å². The number of ether oxygens (including phenoxy) is 6. The normalized spacial score (nSPS) is 25.0. The van der Waals surface area contributed by atoms with Crippen molar-refractivity contribution in [2.75, 3.05) is 46.9 Å². The number of nitrogens with one attached hydrogen (secondary N) is 3. The van der Waals surface area contributed by atoms with Crippen LogP contribution in [0.2, 0.25) is 5.02 Å². The monoisotopic (exact) mass is 1250 g/mol. The zero-order valence-corrected chi connectivity index (χ0v) is 53.6. The van der Waals surface area contributed by atoms with Crippen molar-refractivity contribution >= 4 is 70.5 Å². The number of likely N-dealkylation sites (N-methyl/N-ethyl adjacent to an activating group) is 1. The Morgan fingerprint density at radius 2 is 1.66 bits per heavy atom. The summed E-state index contributed by atoms with van der Waals surface area (Å²) in [5, 5.41) is 20.0. The van der Waals surface area contributed by atoms with Crippen LogP contribution >= 0.6 is 11.6 Å². The summed E-state index contributed by atoms with van der Waals surface area (Å²) in [7, 11) is 7.13. The number of benzene rings is 2. The number of primary amides is 1. The van der Waals surface area contributed by atoms with Gasteiger partial charge in [0.2, 0.25) is 11.8 Å². The van der Waals surface area contributed by atoms with E-state index in [4.69, 9.17) is 45.8 Å². The van der Waals surface area contributed by atoms with Crippen molar-refractivity contribution in [3.8, 4) is 11.5 Å². The number of epoxide rings is 1. The molecule has 4 aliphatic rings. The summed E-state index contributed by atoms with van der Waals surface area (Å²) in [5.41, 5.74) is 4.41. The topological polar surface area (TPSA) is 301 Å². The smallest absolute Gasteiger partial charge is 0.409 e. The summed E-state index contributed by atoms with van der Waals surface area (Å²) in [6.45, 7) is 10.6. The molecule has 10 atom stereocenters. The van der Waals surface area contributed by atoms with Crippen molar-refractivity contribution in [2.45, 2.75) is 192 Å². The predicted molar refractivity (Wildman–Crippen MR) is 329 cm³/mol. The van der Waals surface area contributed by atoms with Gasteiger partial charge in [0, 0.05) is 77.6 Å². The Morgan fingerprint density at radius 1 is 0.966 bits per heavy atom. The minimum atomic E-state index is -1.91. The minimum Gasteiger partial charge on any atom is -0.496 e. The summed E-state index contributed by atoms with van der Waals surface area (Å²) < 4.78 is 35.4. The van der Waals surface area contributed by atoms with Crippen LogP contribution in [0.3, 0.4) is 0 Å². The van der Waals surface area contributed by atoms with Gasteiger partial charge in [0.25, 0.3) is 5.91 Å². The molecule has 3 fully saturated rings. The van der Waals surface area contributed by atoms with Crippen LogP contribution in [0.1, 0.15) is 153 Å². The number of carbonyl (C=O) groups is 9. The van der Waals surface area contributed by atoms with Crippen LogP contribution in [0, 0.1) is 23.7 Å². The Hall–Kier alpha value is -6.88. The number of Topliss-reactive ketones (excluding diaryl/α,β-unsaturated/α-hetero) is 3. The van der Waals surface area contributed by atoms with Gasteiger partial charge in [0.1, 0.15) is 58.0 Å². The van der Waals surface area contributed by atoms with Gasteiger partial charge in [0.15, 0.2) is 11.5 Å². The summed E-state index contributed by atoms with van der Waals surface area (Å²) >= 11 is 6.87. The summed E-state index contributed by atoms with van der Waals surface area (Å²) in [5.74, 6) is -3.63. The number of fused-ring (bicyclic) bond motifs is 5. The maximum Gasteiger partial charge on any atom is 0.409 e. The Bertz CT molecular complexity index is 2950. The first-order chi connectivity index (χ1) is 41.6. The Labute approximate surface area is 521 Å². The zero-order chi connectivity index (χ0) is 64.8. The fourth-order valence-electron chi connectivity index (χ4n) is 11.7. The van der Waals surface area contributed by atoms with E-state index in [-0.39, 0.29) is 78.4 Å². The highest BCUT2D eigenvalue weighted by molar-refractivity contribution is 6.35. The van der Waals surface area contributed by atoms with Gasteiger partial charge in [-0.15, -0.1) is 0 Å². The molecule has 4 bridgehead atoms. The molecule has 6 amide bonds. The maximum absolute atomic E-state index is 14.6. The average molecular weight is 1250 g/mol. The quantitative estimate of drug-likeness (QED) is 0.0323. The second-order valence-electron chi connectivity index (χ2n) is 24.6. The number of aliphatic hydroxyl groups is 1. The number of hydrogen-bond donors (Lipinski definition) is 5. The number of unbranched alkanes of at least 4 members (excludes halogenated alkanes) is 3. The van der Waals surface area contributed by atoms with Crippen molar-refractivity contribution in [2.24, 2.45) is 29.4 Å². The van der Waals surface area contributed by atoms with E-state index in [9.17, 15) is 48.3 Å². The number of nitrogens with zero attached hydrogens (tertiary/aromatic N) is 2. The lowest BCUT2D eigenvalue weighted by atomic mass is 9.80. The highest BCUT2D eigenvalue weighted by Crippen LogP contribution is 2.49. The molecule has 88 heavy (non-hydrogen) atoms. The molecule has 23 heteroatoms. The third-order valence-electron chi connectivity index (χ3n) is 17.8. The first kappa shape index (κ1) is 70.2. The van der Waals surface area contributed by atoms with Crippen LogP contribution in [-0.2, 0) is 60.6 Å². The van der Waals surface area contributed by atoms with Crippen LogP contribution < -0.4 is 36.1 Å². The number of ketones is 3. The number of anilines is 1. The van der Waals surface area contributed by atoms with Gasteiger partial charge in [0.05, 0.1) is 44.0 Å². The van der Waals surface area contributed by atoms with E-state index in [2.05, 4.69) is 16.0 Å². The number of halogens is 1. The summed E-state index contributed by atoms with van der Waals surface area (Å²) in [4.78, 5) is 124. The van der Waals surface area contributed by atoms with E-state index in [1.54, 1.807) is 44.2 Å². The lowest BCUT2D eigenvalue weighted by molar-refractivity contribution is -0.158. The molecule has 0 aromatic heterocycles. The van der Waals surface area contributed by atoms with E-state index in [0.29, 0.717) is 48.5 Å². The molecule has 2 saturated heterocycles. The van der Waals surface area contributed by atoms with Gasteiger partial charge in [-0.05, 0) is 107 Å². The molecular weight excluding hydrogens is 1160 g/mol. The van der Waals surface area contributed by atoms with Gasteiger partial charge >= 0.3 is 18.1 Å². The molecule has 1 saturated carbocycles. The number of hydrogen-bond acceptors (Lipinski definition) is 16. The molecule has 3 aliphatic heterocycles. The zero-order valence-electron chi connectivity index (χ0n) is 52.8. The summed E-state index contributed by atoms with van der Waals surface area (Å²) in [6.07, 6.45) is 7.33. The van der Waals surface area contributed by atoms with Crippen molar-refractivity contribution in [1.29, 1.82) is 0 Å². The highest BCUT2D eigenvalue weighted by atomic mass is 35.5. The third kappa shape index (κ3) is 18.1. The van der Waals surface area contributed by atoms with Crippen LogP contribution in [0.15, 0.2) is 54.1 Å². The van der Waals surface area contributed by atoms with E-state index in [1.807, 2.05) is 26.8 Å². The standard InChI is InChI=1S/C65H91ClN6O16/c1-37(2)46(34-44(73)22-14-12-13-15-24-49(74)43-20-17-21-43)59(77)69-47(23-18-28-68-62(67)80)50(75)31-41-26-27-45(51(32-41)83-9)60(78)71(7)40(5)61(79)87-55-35-56(76)72(8)48-30-42(33-52(84-10)57(48)66)29-38(3)19-16-25-54(85-11)65(82)36-53(86-63(81)70-65)39(4)58-64(55,6)88-58/h16,19,25-27,30,32-33,37,39-40,43,46-47,53-55,58,82H,12-15,17-18,20-24,28-29,31,34-36H2,1-11H3,(H,69,77)(H,70,81)(H3,67,68,80)/b25-16+,38-19+/t39-,40+,46+,47+,53+,54-,55+,58+,64+,65+/m1/s1. The predicted octanol–water partition coefficient (Wildman–Crippen LogP) is 7.82. The number of alkyl carbamates (subject to hydrolysis) is 1. The number of methoxy groups -OCH3 is 3. The number of rotatable bonds is 27. The molecule has 6 rings (SSSR count). The first-order valence-electron chi connectivity index (χ1n) is 30.6. The van der Waals surface area contributed by atoms with E-state index >= 15 is 0 Å². The lowest BCUT2D eigenvalue weighted by Gasteiger charge is -2.42. The van der Waals surface area contributed by atoms with Gasteiger partial charge in [-0.1, -0.05) is 81.5 Å². The maximum atomic E-state index is 14.6. The highest BCUT2D eigenvalue weighted by Gasteiger charge is 2.64. The molecule has 2 aromatic rings. The van der Waals surface area contributed by atoms with Crippen LogP contribution in [0.25, 0.3) is 0 Å². The number of nitrogens with two attached hydrogens (primary N) is 1. The SMILES string of the molecule is COc1cc(CC(=O)[C@H](CCCNC(N)=O)NC(=O)[C@@H](CC(=O)CCCCCCC(=O)C2CCC2)C(C)C)ccc1C(=O)N(C)[C@@H](C)C(=O)O[C@H]1CC(=O)N(C)c2cc(cc(OC)c2Cl)C/C(C)=C/C=C/[C@@H](OC)[C@@]2(O)C[C@H](OC(=O)N2)[C@@H](C)[C@@H]2O[C@@]12C. The molecule has 0 radical (unpaired) electrons. The van der Waals surface area contributed by atoms with Crippen molar-refractivity contribution in [3.63, 3.8) is 0 Å². The molecule has 484 valence electrons. The molecule has 3 heterocycles. The molecule has 0 spiro atoms. The number of urea groups is 1. The fourth-order valence-corrected chi connectivity index (χ4v) is 12.0. The molecule has 1 aliphatic carbocycles. The molecule has 2 aromatic carbocycles. The third-order valence-corrected chi connectivity index (χ3v) is 18.2. The Morgan fingerprint density at radius 3 is 2.30 bits per heavy atom. The second kappa shape index (κ2) is 31.5. The van der Waals surface area contributed by atoms with Crippen LogP contribution in [-0.4, -0.2) is 153 Å². The Kier molecular flexibility index (Phi) is 25.2. The number of allylic oxidation sites excluding steroid dienone is 3. The van der Waals surface area contributed by atoms with Crippen LogP contribution in [0.5, 0.6) is 11.5 Å². The number of amides is 6. The number of carbonyl (C=O) groups excluding carboxylic acids is 9. The minimum absolute atomic E-state index is 0.00372. The van der Waals surface area contributed by atoms with Gasteiger partial charge in [-0.3, -0.25) is 34.1 Å². The molecular formula is C65H91ClN6O16. The summed E-state index contributed by atoms with van der Waals surface area (Å²) in [6, 6.07) is 4.99. The molecule has 22 nitrogen and oxygen atoms in total. The van der Waals surface area contributed by atoms with Crippen LogP contribution in [0.4, 0.5) is 15.3 Å². The Balaban J connectivity index is 1.17. The van der Waals surface area contributed by atoms with Gasteiger partial charge in [-0.25, -0.2) is 14.4 Å². The molecule has 6 N–H and O–H groups in total. The number of esters is 1. The average Bonchev–Trinajstić information content (AvgIpc) is 1.58. The van der Waals surface area contributed by atoms with Gasteiger partial charge in [-0.2, -0.15) is 0 Å². The van der Waals surface area contributed by atoms with Crippen molar-refractivity contribution in [3.05, 3.63) is 75.8 Å². The fraction of sp³-hybridized carbons (Fsp3) is 0.615. The van der Waals surface area contributed by atoms with E-state index < -0.39 is 102 Å². The molecule has 0 unspecified atom stereocenters. The first-order valence-corrected chi connectivity index (χ1v) is 31.0. The second-order valence-corrected chi connectivity index (χ2v) is 25.0. The van der Waals surface area contributed by atoms with E-state index in [1.165, 1.54) is 59.4 Å². The largest absolute Gasteiger partial charge is 0.496 e.